The van der Waals surface area contributed by atoms with Crippen molar-refractivity contribution in [2.24, 2.45) is 0 Å². The van der Waals surface area contributed by atoms with Crippen LogP contribution in [-0.4, -0.2) is 42.7 Å². The molecule has 0 saturated heterocycles. The highest BCUT2D eigenvalue weighted by molar-refractivity contribution is 6.18. The van der Waals surface area contributed by atoms with Crippen LogP contribution in [-0.2, 0) is 0 Å². The maximum atomic E-state index is 6.65. The molecule has 338 valence electrons. The minimum Gasteiger partial charge on any atom is -0.493 e. The Morgan fingerprint density at radius 2 is 0.691 bits per heavy atom. The van der Waals surface area contributed by atoms with E-state index in [9.17, 15) is 0 Å². The molecule has 11 rings (SSSR count). The molecule has 2 heterocycles. The van der Waals surface area contributed by atoms with Crippen LogP contribution in [0.3, 0.4) is 0 Å². The summed E-state index contributed by atoms with van der Waals surface area (Å²) in [7, 11) is 9.75. The van der Waals surface area contributed by atoms with Crippen molar-refractivity contribution in [3.05, 3.63) is 157 Å². The molecule has 0 bridgehead atoms. The number of rotatable bonds is 12. The number of hydrogen-bond acceptors (Lipinski definition) is 10. The minimum absolute atomic E-state index is 0.534. The zero-order chi connectivity index (χ0) is 46.8. The second-order valence-electron chi connectivity index (χ2n) is 16.8. The third kappa shape index (κ3) is 6.87. The van der Waals surface area contributed by atoms with Crippen LogP contribution in [0.2, 0.25) is 0 Å². The van der Waals surface area contributed by atoms with E-state index < -0.39 is 0 Å². The number of hydrogen-bond donors (Lipinski definition) is 0. The molecule has 68 heavy (non-hydrogen) atoms. The van der Waals surface area contributed by atoms with Gasteiger partial charge in [-0.25, -0.2) is 0 Å². The second kappa shape index (κ2) is 16.7. The fourth-order valence-electron chi connectivity index (χ4n) is 9.66. The lowest BCUT2D eigenvalue weighted by atomic mass is 10.0. The SMILES string of the molecule is COc1cc(N(c2ccc3cc4c(cc3c2)oc2cc3oc5cc6cc(N(c7cc(OC)c(OC)c(OC)c7)c7ccccc7C)ccc6cc5c3cc24)c2ccccc2C)cc(OC)c1OC. The molecule has 11 aromatic rings. The summed E-state index contributed by atoms with van der Waals surface area (Å²) in [6, 6.07) is 50.5. The zero-order valence-corrected chi connectivity index (χ0v) is 39.0. The predicted molar refractivity (Wildman–Crippen MR) is 274 cm³/mol. The van der Waals surface area contributed by atoms with Crippen LogP contribution in [0, 0.1) is 13.8 Å². The van der Waals surface area contributed by atoms with Gasteiger partial charge in [-0.3, -0.25) is 0 Å². The van der Waals surface area contributed by atoms with Crippen LogP contribution in [0.25, 0.3) is 65.4 Å². The summed E-state index contributed by atoms with van der Waals surface area (Å²) in [5.41, 5.74) is 11.0. The van der Waals surface area contributed by atoms with Crippen LogP contribution in [0.4, 0.5) is 34.1 Å². The van der Waals surface area contributed by atoms with E-state index in [2.05, 4.69) is 115 Å². The number of methoxy groups -OCH3 is 6. The highest BCUT2D eigenvalue weighted by Gasteiger charge is 2.24. The molecule has 0 atom stereocenters. The molecule has 0 aliphatic carbocycles. The van der Waals surface area contributed by atoms with Crippen molar-refractivity contribution in [3.8, 4) is 34.5 Å². The number of fused-ring (bicyclic) bond motifs is 8. The van der Waals surface area contributed by atoms with Gasteiger partial charge >= 0.3 is 0 Å². The highest BCUT2D eigenvalue weighted by atomic mass is 16.5. The van der Waals surface area contributed by atoms with E-state index in [4.69, 9.17) is 37.3 Å². The quantitative estimate of drug-likeness (QED) is 0.118. The largest absolute Gasteiger partial charge is 0.493 e. The van der Waals surface area contributed by atoms with E-state index in [1.165, 1.54) is 0 Å². The fraction of sp³-hybridized carbons (Fsp3) is 0.138. The lowest BCUT2D eigenvalue weighted by molar-refractivity contribution is 0.324. The van der Waals surface area contributed by atoms with Crippen molar-refractivity contribution >= 4 is 99.5 Å². The van der Waals surface area contributed by atoms with Crippen molar-refractivity contribution in [2.45, 2.75) is 13.8 Å². The topological polar surface area (TPSA) is 88.1 Å². The Balaban J connectivity index is 1.01. The van der Waals surface area contributed by atoms with Gasteiger partial charge in [0.15, 0.2) is 23.0 Å². The predicted octanol–water partition coefficient (Wildman–Crippen LogP) is 15.4. The van der Waals surface area contributed by atoms with Crippen LogP contribution in [0.15, 0.2) is 154 Å². The number of para-hydroxylation sites is 2. The van der Waals surface area contributed by atoms with Gasteiger partial charge in [-0.05, 0) is 113 Å². The molecule has 9 aromatic carbocycles. The average Bonchev–Trinajstić information content (AvgIpc) is 3.89. The molecule has 0 N–H and O–H groups in total. The molecule has 2 aromatic heterocycles. The Bertz CT molecular complexity index is 3480. The summed E-state index contributed by atoms with van der Waals surface area (Å²) in [6.45, 7) is 4.22. The molecule has 0 aliphatic rings. The molecule has 0 spiro atoms. The first-order valence-electron chi connectivity index (χ1n) is 22.2. The normalized spacial score (nSPS) is 11.5. The van der Waals surface area contributed by atoms with E-state index in [1.807, 2.05) is 54.6 Å². The average molecular weight is 901 g/mol. The maximum absolute atomic E-state index is 6.65. The summed E-state index contributed by atoms with van der Waals surface area (Å²) in [5.74, 6) is 3.35. The van der Waals surface area contributed by atoms with Gasteiger partial charge in [0.25, 0.3) is 0 Å². The van der Waals surface area contributed by atoms with E-state index in [-0.39, 0.29) is 0 Å². The first-order chi connectivity index (χ1) is 33.2. The molecular weight excluding hydrogens is 853 g/mol. The van der Waals surface area contributed by atoms with Crippen molar-refractivity contribution in [3.63, 3.8) is 0 Å². The van der Waals surface area contributed by atoms with Crippen LogP contribution < -0.4 is 38.2 Å². The van der Waals surface area contributed by atoms with Gasteiger partial charge in [-0.2, -0.15) is 0 Å². The summed E-state index contributed by atoms with van der Waals surface area (Å²) in [4.78, 5) is 4.42. The molecule has 0 saturated carbocycles. The number of furan rings is 2. The molecule has 0 unspecified atom stereocenters. The third-order valence-electron chi connectivity index (χ3n) is 13.0. The molecule has 0 radical (unpaired) electrons. The van der Waals surface area contributed by atoms with Gasteiger partial charge in [-0.1, -0.05) is 48.5 Å². The van der Waals surface area contributed by atoms with Crippen LogP contribution in [0.1, 0.15) is 11.1 Å². The number of nitrogens with zero attached hydrogens (tertiary/aromatic N) is 2. The van der Waals surface area contributed by atoms with Gasteiger partial charge in [0.2, 0.25) is 11.5 Å². The maximum Gasteiger partial charge on any atom is 0.203 e. The van der Waals surface area contributed by atoms with E-state index in [0.717, 1.165) is 111 Å². The molecule has 0 aliphatic heterocycles. The Morgan fingerprint density at radius 3 is 1.06 bits per heavy atom. The highest BCUT2D eigenvalue weighted by Crippen LogP contribution is 2.49. The van der Waals surface area contributed by atoms with Crippen LogP contribution >= 0.6 is 0 Å². The summed E-state index contributed by atoms with van der Waals surface area (Å²) in [5, 5.41) is 8.35. The van der Waals surface area contributed by atoms with Gasteiger partial charge in [-0.15, -0.1) is 0 Å². The lowest BCUT2D eigenvalue weighted by Gasteiger charge is -2.28. The minimum atomic E-state index is 0.534. The van der Waals surface area contributed by atoms with E-state index in [0.29, 0.717) is 34.5 Å². The summed E-state index contributed by atoms with van der Waals surface area (Å²) >= 11 is 0. The molecular formula is C58H48N2O8. The number of aryl methyl sites for hydroxylation is 2. The van der Waals surface area contributed by atoms with Gasteiger partial charge in [0, 0.05) is 74.6 Å². The van der Waals surface area contributed by atoms with E-state index >= 15 is 0 Å². The number of anilines is 6. The Kier molecular flexibility index (Phi) is 10.4. The van der Waals surface area contributed by atoms with Crippen molar-refractivity contribution in [1.29, 1.82) is 0 Å². The van der Waals surface area contributed by atoms with Gasteiger partial charge in [0.05, 0.1) is 54.0 Å². The van der Waals surface area contributed by atoms with E-state index in [1.54, 1.807) is 42.7 Å². The first-order valence-corrected chi connectivity index (χ1v) is 22.2. The lowest BCUT2D eigenvalue weighted by Crippen LogP contribution is -2.12. The van der Waals surface area contributed by atoms with Crippen molar-refractivity contribution in [1.82, 2.24) is 0 Å². The fourth-order valence-corrected chi connectivity index (χ4v) is 9.66. The molecule has 0 amide bonds. The summed E-state index contributed by atoms with van der Waals surface area (Å²) < 4.78 is 47.8. The monoisotopic (exact) mass is 900 g/mol. The van der Waals surface area contributed by atoms with Gasteiger partial charge < -0.3 is 47.1 Å². The third-order valence-corrected chi connectivity index (χ3v) is 13.0. The first kappa shape index (κ1) is 42.2. The number of benzene rings is 9. The smallest absolute Gasteiger partial charge is 0.203 e. The molecule has 0 fully saturated rings. The van der Waals surface area contributed by atoms with Crippen molar-refractivity contribution in [2.75, 3.05) is 52.5 Å². The Hall–Kier alpha value is -8.50. The standard InChI is InChI=1S/C58H48N2O8/c1-33-13-9-11-15-47(33)59(41-27-53(61-3)57(65-7)54(28-41)62-4)39-19-17-35-23-43-45-31-46-44-24-36-18-20-40(22-38(36)26-50(44)68-52(46)32-51(45)67-49(43)25-37(35)21-39)60(48-16-12-10-14-34(48)2)42-29-55(63-5)58(66-8)56(30-42)64-6/h9-32H,1-8H3. The van der Waals surface area contributed by atoms with Crippen LogP contribution in [0.5, 0.6) is 34.5 Å². The molecule has 10 nitrogen and oxygen atoms in total. The second-order valence-corrected chi connectivity index (χ2v) is 16.8. The van der Waals surface area contributed by atoms with Crippen molar-refractivity contribution < 1.29 is 37.3 Å². The Labute approximate surface area is 392 Å². The summed E-state index contributed by atoms with van der Waals surface area (Å²) in [6.07, 6.45) is 0. The zero-order valence-electron chi connectivity index (χ0n) is 39.0. The molecule has 10 heteroatoms. The number of ether oxygens (including phenoxy) is 6. The Morgan fingerprint density at radius 1 is 0.324 bits per heavy atom. The van der Waals surface area contributed by atoms with Gasteiger partial charge in [0.1, 0.15) is 22.3 Å².